The van der Waals surface area contributed by atoms with Gasteiger partial charge in [0.1, 0.15) is 0 Å². The highest BCUT2D eigenvalue weighted by Gasteiger charge is 2.12. The minimum Gasteiger partial charge on any atom is -0.481 e. The van der Waals surface area contributed by atoms with E-state index in [0.29, 0.717) is 17.5 Å². The lowest BCUT2D eigenvalue weighted by molar-refractivity contribution is -0.136. The van der Waals surface area contributed by atoms with E-state index in [0.717, 1.165) is 0 Å². The Bertz CT molecular complexity index is 352. The molecule has 0 aliphatic carbocycles. The van der Waals surface area contributed by atoms with E-state index >= 15 is 0 Å². The van der Waals surface area contributed by atoms with Crippen molar-refractivity contribution in [1.82, 2.24) is 10.1 Å². The van der Waals surface area contributed by atoms with Crippen LogP contribution in [0.5, 0.6) is 0 Å². The third kappa shape index (κ3) is 4.22. The van der Waals surface area contributed by atoms with Gasteiger partial charge >= 0.3 is 5.97 Å². The van der Waals surface area contributed by atoms with Gasteiger partial charge in [-0.15, -0.1) is 11.8 Å². The van der Waals surface area contributed by atoms with Gasteiger partial charge in [-0.3, -0.25) is 4.79 Å². The number of thioether (sulfide) groups is 1. The Balaban J connectivity index is 2.39. The van der Waals surface area contributed by atoms with E-state index < -0.39 is 5.97 Å². The molecule has 0 aliphatic heterocycles. The zero-order chi connectivity index (χ0) is 12.1. The number of hydrogen-bond acceptors (Lipinski definition) is 5. The van der Waals surface area contributed by atoms with E-state index in [1.54, 1.807) is 0 Å². The molecule has 0 radical (unpaired) electrons. The molecular weight excluding hydrogens is 228 g/mol. The van der Waals surface area contributed by atoms with Crippen molar-refractivity contribution < 1.29 is 14.4 Å². The molecule has 1 atom stereocenters. The second-order valence-electron chi connectivity index (χ2n) is 3.92. The minimum atomic E-state index is -0.781. The van der Waals surface area contributed by atoms with Crippen molar-refractivity contribution in [2.24, 2.45) is 0 Å². The number of nitrogens with zero attached hydrogens (tertiary/aromatic N) is 2. The third-order valence-electron chi connectivity index (χ3n) is 1.94. The van der Waals surface area contributed by atoms with Crippen LogP contribution in [0.1, 0.15) is 44.8 Å². The van der Waals surface area contributed by atoms with Crippen LogP contribution in [-0.4, -0.2) is 26.5 Å². The summed E-state index contributed by atoms with van der Waals surface area (Å²) in [5, 5.41) is 12.5. The molecule has 6 heteroatoms. The number of aliphatic carboxylic acids is 1. The summed E-state index contributed by atoms with van der Waals surface area (Å²) >= 11 is 1.52. The van der Waals surface area contributed by atoms with E-state index in [1.807, 2.05) is 20.8 Å². The summed E-state index contributed by atoms with van der Waals surface area (Å²) in [6.45, 7) is 5.84. The molecule has 1 unspecified atom stereocenters. The summed E-state index contributed by atoms with van der Waals surface area (Å²) in [4.78, 5) is 14.7. The largest absolute Gasteiger partial charge is 0.481 e. The van der Waals surface area contributed by atoms with Crippen LogP contribution in [0.2, 0.25) is 0 Å². The van der Waals surface area contributed by atoms with Gasteiger partial charge in [0.15, 0.2) is 5.82 Å². The van der Waals surface area contributed by atoms with Gasteiger partial charge in [0.25, 0.3) is 0 Å². The fourth-order valence-corrected chi connectivity index (χ4v) is 1.89. The van der Waals surface area contributed by atoms with Crippen molar-refractivity contribution in [3.05, 3.63) is 11.7 Å². The molecule has 16 heavy (non-hydrogen) atoms. The third-order valence-corrected chi connectivity index (χ3v) is 3.10. The molecule has 5 nitrogen and oxygen atoms in total. The summed E-state index contributed by atoms with van der Waals surface area (Å²) in [6, 6.07) is 0. The predicted octanol–water partition coefficient (Wildman–Crippen LogP) is 2.29. The zero-order valence-electron chi connectivity index (χ0n) is 9.64. The van der Waals surface area contributed by atoms with Crippen LogP contribution in [0.15, 0.2) is 4.52 Å². The molecular formula is C10H16N2O3S. The summed E-state index contributed by atoms with van der Waals surface area (Å²) < 4.78 is 5.05. The van der Waals surface area contributed by atoms with Crippen LogP contribution in [0.3, 0.4) is 0 Å². The standard InChI is InChI=1S/C10H16N2O3S/c1-6(2)10-11-8(12-15-10)5-16-7(3)4-9(13)14/h6-7H,4-5H2,1-3H3,(H,13,14). The van der Waals surface area contributed by atoms with Crippen LogP contribution < -0.4 is 0 Å². The maximum Gasteiger partial charge on any atom is 0.304 e. The predicted molar refractivity (Wildman–Crippen MR) is 61.4 cm³/mol. The highest BCUT2D eigenvalue weighted by molar-refractivity contribution is 7.99. The molecule has 1 rings (SSSR count). The van der Waals surface area contributed by atoms with Gasteiger partial charge < -0.3 is 9.63 Å². The van der Waals surface area contributed by atoms with Crippen molar-refractivity contribution in [3.8, 4) is 0 Å². The Hall–Kier alpha value is -1.04. The quantitative estimate of drug-likeness (QED) is 0.827. The van der Waals surface area contributed by atoms with Crippen LogP contribution in [-0.2, 0) is 10.5 Å². The lowest BCUT2D eigenvalue weighted by Crippen LogP contribution is -2.06. The molecule has 0 bridgehead atoms. The normalized spacial score (nSPS) is 13.0. The van der Waals surface area contributed by atoms with Crippen molar-refractivity contribution >= 4 is 17.7 Å². The van der Waals surface area contributed by atoms with Gasteiger partial charge in [-0.25, -0.2) is 0 Å². The maximum absolute atomic E-state index is 10.5. The Labute approximate surface area is 98.6 Å². The smallest absolute Gasteiger partial charge is 0.304 e. The van der Waals surface area contributed by atoms with Crippen LogP contribution in [0.25, 0.3) is 0 Å². The molecule has 0 saturated carbocycles. The first kappa shape index (κ1) is 13.0. The van der Waals surface area contributed by atoms with E-state index in [-0.39, 0.29) is 17.6 Å². The summed E-state index contributed by atoms with van der Waals surface area (Å²) in [5.74, 6) is 1.29. The Morgan fingerprint density at radius 2 is 2.19 bits per heavy atom. The fraction of sp³-hybridized carbons (Fsp3) is 0.700. The number of carbonyl (C=O) groups is 1. The molecule has 0 aliphatic rings. The summed E-state index contributed by atoms with van der Waals surface area (Å²) in [7, 11) is 0. The Morgan fingerprint density at radius 3 is 2.69 bits per heavy atom. The molecule has 0 saturated heterocycles. The van der Waals surface area contributed by atoms with Gasteiger partial charge in [-0.2, -0.15) is 4.98 Å². The highest BCUT2D eigenvalue weighted by Crippen LogP contribution is 2.19. The summed E-state index contributed by atoms with van der Waals surface area (Å²) in [5.41, 5.74) is 0. The molecule has 1 aromatic heterocycles. The first-order valence-electron chi connectivity index (χ1n) is 5.15. The number of carboxylic acid groups (broad SMARTS) is 1. The number of carboxylic acids is 1. The summed E-state index contributed by atoms with van der Waals surface area (Å²) in [6.07, 6.45) is 0.152. The first-order chi connectivity index (χ1) is 7.49. The van der Waals surface area contributed by atoms with Crippen molar-refractivity contribution in [2.75, 3.05) is 0 Å². The first-order valence-corrected chi connectivity index (χ1v) is 6.19. The van der Waals surface area contributed by atoms with Crippen LogP contribution in [0, 0.1) is 0 Å². The topological polar surface area (TPSA) is 76.2 Å². The molecule has 90 valence electrons. The molecule has 0 aromatic carbocycles. The molecule has 0 amide bonds. The lowest BCUT2D eigenvalue weighted by Gasteiger charge is -2.05. The second kappa shape index (κ2) is 5.89. The molecule has 0 fully saturated rings. The van der Waals surface area contributed by atoms with Gasteiger partial charge in [0.2, 0.25) is 5.89 Å². The Morgan fingerprint density at radius 1 is 1.50 bits per heavy atom. The lowest BCUT2D eigenvalue weighted by atomic mass is 10.2. The van der Waals surface area contributed by atoms with Crippen molar-refractivity contribution in [3.63, 3.8) is 0 Å². The molecule has 1 heterocycles. The minimum absolute atomic E-state index is 0.0542. The van der Waals surface area contributed by atoms with Crippen LogP contribution in [0.4, 0.5) is 0 Å². The van der Waals surface area contributed by atoms with E-state index in [9.17, 15) is 4.79 Å². The van der Waals surface area contributed by atoms with Gasteiger partial charge in [0.05, 0.1) is 12.2 Å². The van der Waals surface area contributed by atoms with Crippen LogP contribution >= 0.6 is 11.8 Å². The monoisotopic (exact) mass is 244 g/mol. The zero-order valence-corrected chi connectivity index (χ0v) is 10.5. The molecule has 0 spiro atoms. The maximum atomic E-state index is 10.5. The van der Waals surface area contributed by atoms with Gasteiger partial charge in [-0.1, -0.05) is 25.9 Å². The fourth-order valence-electron chi connectivity index (χ4n) is 1.08. The van der Waals surface area contributed by atoms with Crippen molar-refractivity contribution in [2.45, 2.75) is 44.1 Å². The number of rotatable bonds is 6. The average molecular weight is 244 g/mol. The molecule has 1 N–H and O–H groups in total. The van der Waals surface area contributed by atoms with E-state index in [2.05, 4.69) is 10.1 Å². The Kier molecular flexibility index (Phi) is 4.79. The highest BCUT2D eigenvalue weighted by atomic mass is 32.2. The second-order valence-corrected chi connectivity index (χ2v) is 5.35. The van der Waals surface area contributed by atoms with E-state index in [4.69, 9.17) is 9.63 Å². The van der Waals surface area contributed by atoms with Gasteiger partial charge in [0, 0.05) is 11.2 Å². The average Bonchev–Trinajstić information content (AvgIpc) is 2.61. The van der Waals surface area contributed by atoms with Crippen molar-refractivity contribution in [1.29, 1.82) is 0 Å². The molecule has 1 aromatic rings. The number of hydrogen-bond donors (Lipinski definition) is 1. The van der Waals surface area contributed by atoms with E-state index in [1.165, 1.54) is 11.8 Å². The number of aromatic nitrogens is 2. The van der Waals surface area contributed by atoms with Gasteiger partial charge in [-0.05, 0) is 0 Å². The SMILES string of the molecule is CC(CC(=O)O)SCc1noc(C(C)C)n1.